The van der Waals surface area contributed by atoms with Gasteiger partial charge in [0.05, 0.1) is 18.8 Å². The van der Waals surface area contributed by atoms with Crippen molar-refractivity contribution in [2.75, 3.05) is 18.5 Å². The maximum atomic E-state index is 12.9. The van der Waals surface area contributed by atoms with Crippen molar-refractivity contribution >= 4 is 11.7 Å². The summed E-state index contributed by atoms with van der Waals surface area (Å²) in [6, 6.07) is 14.7. The number of para-hydroxylation sites is 1. The molecule has 26 heavy (non-hydrogen) atoms. The van der Waals surface area contributed by atoms with Gasteiger partial charge in [-0.25, -0.2) is 9.18 Å². The summed E-state index contributed by atoms with van der Waals surface area (Å²) in [6.45, 7) is 1.05. The van der Waals surface area contributed by atoms with Crippen LogP contribution in [0.2, 0.25) is 0 Å². The predicted molar refractivity (Wildman–Crippen MR) is 96.2 cm³/mol. The van der Waals surface area contributed by atoms with E-state index in [2.05, 4.69) is 16.0 Å². The molecular weight excluding hydrogens is 337 g/mol. The summed E-state index contributed by atoms with van der Waals surface area (Å²) in [7, 11) is 0. The van der Waals surface area contributed by atoms with Gasteiger partial charge in [-0.3, -0.25) is 0 Å². The van der Waals surface area contributed by atoms with Crippen LogP contribution < -0.4 is 16.0 Å². The molecule has 0 bridgehead atoms. The zero-order valence-corrected chi connectivity index (χ0v) is 14.2. The molecule has 3 atom stereocenters. The monoisotopic (exact) mass is 359 g/mol. The second-order valence-electron chi connectivity index (χ2n) is 6.18. The van der Waals surface area contributed by atoms with E-state index in [1.54, 1.807) is 24.3 Å². The summed E-state index contributed by atoms with van der Waals surface area (Å²) >= 11 is 0. The summed E-state index contributed by atoms with van der Waals surface area (Å²) in [5.74, 6) is -0.280. The lowest BCUT2D eigenvalue weighted by Gasteiger charge is -2.19. The molecule has 1 aliphatic heterocycles. The Labute approximate surface area is 151 Å². The predicted octanol–water partition coefficient (Wildman–Crippen LogP) is 1.87. The van der Waals surface area contributed by atoms with Gasteiger partial charge in [0.2, 0.25) is 0 Å². The number of hydrogen-bond donors (Lipinski definition) is 4. The molecule has 2 aromatic carbocycles. The number of urea groups is 1. The lowest BCUT2D eigenvalue weighted by molar-refractivity contribution is 0.0428. The lowest BCUT2D eigenvalue weighted by Crippen LogP contribution is -2.45. The fraction of sp³-hybridized carbons (Fsp3) is 0.316. The number of carbonyl (C=O) groups is 1. The van der Waals surface area contributed by atoms with Gasteiger partial charge in [0.15, 0.2) is 0 Å². The van der Waals surface area contributed by atoms with Crippen LogP contribution in [-0.2, 0) is 11.3 Å². The number of ether oxygens (including phenoxy) is 1. The first-order valence-corrected chi connectivity index (χ1v) is 8.49. The highest BCUT2D eigenvalue weighted by Crippen LogP contribution is 2.15. The minimum atomic E-state index is -0.743. The van der Waals surface area contributed by atoms with Gasteiger partial charge in [-0.1, -0.05) is 30.3 Å². The molecule has 7 heteroatoms. The van der Waals surface area contributed by atoms with E-state index in [0.29, 0.717) is 18.8 Å². The number of nitrogens with one attached hydrogen (secondary N) is 3. The van der Waals surface area contributed by atoms with Crippen LogP contribution in [0.1, 0.15) is 5.56 Å². The van der Waals surface area contributed by atoms with E-state index >= 15 is 0 Å². The standard InChI is InChI=1S/C19H22FN3O3/c20-14-8-6-13(7-9-14)10-21-16-12-26-17(18(16)24)11-22-19(25)23-15-4-2-1-3-5-15/h1-9,16-18,21,24H,10-12H2,(H2,22,23,25)/t16-,17-,18+/m1/s1. The quantitative estimate of drug-likeness (QED) is 0.635. The second-order valence-corrected chi connectivity index (χ2v) is 6.18. The maximum absolute atomic E-state index is 12.9. The fourth-order valence-electron chi connectivity index (χ4n) is 2.78. The van der Waals surface area contributed by atoms with Crippen LogP contribution in [0.4, 0.5) is 14.9 Å². The minimum absolute atomic E-state index is 0.203. The number of benzene rings is 2. The van der Waals surface area contributed by atoms with Gasteiger partial charge in [0.1, 0.15) is 11.9 Å². The van der Waals surface area contributed by atoms with Crippen molar-refractivity contribution in [3.05, 3.63) is 66.0 Å². The van der Waals surface area contributed by atoms with Crippen molar-refractivity contribution in [3.8, 4) is 0 Å². The first-order valence-electron chi connectivity index (χ1n) is 8.49. The van der Waals surface area contributed by atoms with E-state index in [1.807, 2.05) is 18.2 Å². The Morgan fingerprint density at radius 3 is 2.62 bits per heavy atom. The highest BCUT2D eigenvalue weighted by atomic mass is 19.1. The normalized spacial score (nSPS) is 22.2. The van der Waals surface area contributed by atoms with E-state index in [9.17, 15) is 14.3 Å². The van der Waals surface area contributed by atoms with Crippen LogP contribution >= 0.6 is 0 Å². The molecule has 2 amide bonds. The molecular formula is C19H22FN3O3. The molecule has 4 N–H and O–H groups in total. The lowest BCUT2D eigenvalue weighted by atomic mass is 10.1. The van der Waals surface area contributed by atoms with Crippen LogP contribution in [-0.4, -0.2) is 42.5 Å². The van der Waals surface area contributed by atoms with Crippen LogP contribution in [0.15, 0.2) is 54.6 Å². The largest absolute Gasteiger partial charge is 0.389 e. The summed E-state index contributed by atoms with van der Waals surface area (Å²) in [5, 5.41) is 19.0. The number of halogens is 1. The number of anilines is 1. The van der Waals surface area contributed by atoms with Crippen LogP contribution in [0, 0.1) is 5.82 Å². The first-order chi connectivity index (χ1) is 12.6. The highest BCUT2D eigenvalue weighted by molar-refractivity contribution is 5.89. The smallest absolute Gasteiger partial charge is 0.319 e. The SMILES string of the molecule is O=C(NC[C@H]1OC[C@@H](NCc2ccc(F)cc2)[C@@H]1O)Nc1ccccc1. The fourth-order valence-corrected chi connectivity index (χ4v) is 2.78. The van der Waals surface area contributed by atoms with E-state index in [1.165, 1.54) is 12.1 Å². The van der Waals surface area contributed by atoms with Crippen molar-refractivity contribution in [1.82, 2.24) is 10.6 Å². The molecule has 0 aromatic heterocycles. The van der Waals surface area contributed by atoms with Crippen LogP contribution in [0.25, 0.3) is 0 Å². The number of aliphatic hydroxyl groups excluding tert-OH is 1. The van der Waals surface area contributed by atoms with Gasteiger partial charge >= 0.3 is 6.03 Å². The zero-order chi connectivity index (χ0) is 18.4. The topological polar surface area (TPSA) is 82.6 Å². The Hall–Kier alpha value is -2.48. The van der Waals surface area contributed by atoms with Gasteiger partial charge in [-0.2, -0.15) is 0 Å². The van der Waals surface area contributed by atoms with Crippen LogP contribution in [0.5, 0.6) is 0 Å². The molecule has 0 unspecified atom stereocenters. The van der Waals surface area contributed by atoms with E-state index < -0.39 is 12.2 Å². The van der Waals surface area contributed by atoms with E-state index in [0.717, 1.165) is 5.56 Å². The molecule has 0 aliphatic carbocycles. The third kappa shape index (κ3) is 5.01. The number of carbonyl (C=O) groups excluding carboxylic acids is 1. The van der Waals surface area contributed by atoms with Gasteiger partial charge in [0, 0.05) is 18.8 Å². The second kappa shape index (κ2) is 8.75. The van der Waals surface area contributed by atoms with Gasteiger partial charge in [0.25, 0.3) is 0 Å². The number of hydrogen-bond acceptors (Lipinski definition) is 4. The van der Waals surface area contributed by atoms with Gasteiger partial charge < -0.3 is 25.8 Å². The summed E-state index contributed by atoms with van der Waals surface area (Å²) < 4.78 is 18.5. The van der Waals surface area contributed by atoms with Crippen molar-refractivity contribution in [2.45, 2.75) is 24.8 Å². The molecule has 1 fully saturated rings. The first kappa shape index (κ1) is 18.3. The molecule has 1 saturated heterocycles. The average molecular weight is 359 g/mol. The van der Waals surface area contributed by atoms with Crippen molar-refractivity contribution in [1.29, 1.82) is 0 Å². The average Bonchev–Trinajstić information content (AvgIpc) is 3.00. The summed E-state index contributed by atoms with van der Waals surface area (Å²) in [4.78, 5) is 11.9. The molecule has 1 aliphatic rings. The van der Waals surface area contributed by atoms with E-state index in [4.69, 9.17) is 4.74 Å². The van der Waals surface area contributed by atoms with Crippen molar-refractivity contribution in [2.24, 2.45) is 0 Å². The highest BCUT2D eigenvalue weighted by Gasteiger charge is 2.35. The Morgan fingerprint density at radius 2 is 1.88 bits per heavy atom. The number of amides is 2. The molecule has 0 saturated carbocycles. The van der Waals surface area contributed by atoms with Crippen molar-refractivity contribution < 1.29 is 19.0 Å². The Bertz CT molecular complexity index is 712. The third-order valence-electron chi connectivity index (χ3n) is 4.26. The van der Waals surface area contributed by atoms with Gasteiger partial charge in [-0.15, -0.1) is 0 Å². The van der Waals surface area contributed by atoms with Crippen molar-refractivity contribution in [3.63, 3.8) is 0 Å². The summed E-state index contributed by atoms with van der Waals surface area (Å²) in [5.41, 5.74) is 1.61. The molecule has 1 heterocycles. The molecule has 6 nitrogen and oxygen atoms in total. The number of aliphatic hydroxyl groups is 1. The Balaban J connectivity index is 1.41. The minimum Gasteiger partial charge on any atom is -0.389 e. The number of rotatable bonds is 6. The molecule has 3 rings (SSSR count). The Morgan fingerprint density at radius 1 is 1.15 bits per heavy atom. The maximum Gasteiger partial charge on any atom is 0.319 e. The Kier molecular flexibility index (Phi) is 6.17. The molecule has 0 radical (unpaired) electrons. The third-order valence-corrected chi connectivity index (χ3v) is 4.26. The summed E-state index contributed by atoms with van der Waals surface area (Å²) in [6.07, 6.45) is -1.23. The molecule has 138 valence electrons. The zero-order valence-electron chi connectivity index (χ0n) is 14.2. The molecule has 2 aromatic rings. The van der Waals surface area contributed by atoms with Gasteiger partial charge in [-0.05, 0) is 29.8 Å². The molecule has 0 spiro atoms. The van der Waals surface area contributed by atoms with Crippen LogP contribution in [0.3, 0.4) is 0 Å². The van der Waals surface area contributed by atoms with E-state index in [-0.39, 0.29) is 24.4 Å².